The summed E-state index contributed by atoms with van der Waals surface area (Å²) in [5.74, 6) is 0.913. The van der Waals surface area contributed by atoms with E-state index in [2.05, 4.69) is 46.5 Å². The highest BCUT2D eigenvalue weighted by Crippen LogP contribution is 2.37. The molecular weight excluding hydrogens is 322 g/mol. The second-order valence-electron chi connectivity index (χ2n) is 6.30. The highest BCUT2D eigenvalue weighted by Gasteiger charge is 2.21. The van der Waals surface area contributed by atoms with Gasteiger partial charge >= 0.3 is 0 Å². The number of anilines is 1. The van der Waals surface area contributed by atoms with Crippen molar-refractivity contribution in [2.45, 2.75) is 13.0 Å². The molecule has 4 aromatic rings. The van der Waals surface area contributed by atoms with Crippen LogP contribution in [0.25, 0.3) is 10.8 Å². The number of aromatic nitrogens is 2. The summed E-state index contributed by atoms with van der Waals surface area (Å²) in [6.45, 7) is 2.06. The Morgan fingerprint density at radius 3 is 2.50 bits per heavy atom. The Balaban J connectivity index is 1.91. The zero-order chi connectivity index (χ0) is 17.9. The number of hydrogen-bond donors (Lipinski definition) is 2. The van der Waals surface area contributed by atoms with Crippen molar-refractivity contribution in [3.05, 3.63) is 95.9 Å². The van der Waals surface area contributed by atoms with Gasteiger partial charge in [0.25, 0.3) is 0 Å². The topological polar surface area (TPSA) is 58.0 Å². The molecule has 4 nitrogen and oxygen atoms in total. The van der Waals surface area contributed by atoms with Crippen molar-refractivity contribution >= 4 is 16.6 Å². The van der Waals surface area contributed by atoms with E-state index in [1.807, 2.05) is 30.3 Å². The number of aryl methyl sites for hydroxylation is 1. The number of phenolic OH excluding ortho intramolecular Hbond substituents is 1. The molecule has 128 valence electrons. The first-order chi connectivity index (χ1) is 12.7. The summed E-state index contributed by atoms with van der Waals surface area (Å²) >= 11 is 0. The highest BCUT2D eigenvalue weighted by atomic mass is 16.3. The number of nitrogens with zero attached hydrogens (tertiary/aromatic N) is 2. The van der Waals surface area contributed by atoms with Gasteiger partial charge in [0.05, 0.1) is 12.2 Å². The molecule has 0 aliphatic heterocycles. The molecule has 26 heavy (non-hydrogen) atoms. The quantitative estimate of drug-likeness (QED) is 0.557. The van der Waals surface area contributed by atoms with Gasteiger partial charge in [0.15, 0.2) is 0 Å². The van der Waals surface area contributed by atoms with Crippen LogP contribution in [0.15, 0.2) is 79.3 Å². The Kier molecular flexibility index (Phi) is 4.23. The third kappa shape index (κ3) is 3.09. The first-order valence-corrected chi connectivity index (χ1v) is 8.52. The Morgan fingerprint density at radius 1 is 0.923 bits per heavy atom. The molecule has 0 aliphatic rings. The van der Waals surface area contributed by atoms with Gasteiger partial charge in [0, 0.05) is 18.0 Å². The molecule has 3 aromatic carbocycles. The van der Waals surface area contributed by atoms with E-state index in [-0.39, 0.29) is 11.8 Å². The third-order valence-electron chi connectivity index (χ3n) is 4.50. The van der Waals surface area contributed by atoms with E-state index in [1.165, 1.54) is 5.56 Å². The minimum absolute atomic E-state index is 0.251. The summed E-state index contributed by atoms with van der Waals surface area (Å²) in [7, 11) is 0. The van der Waals surface area contributed by atoms with Crippen molar-refractivity contribution in [1.29, 1.82) is 0 Å². The molecule has 1 unspecified atom stereocenters. The monoisotopic (exact) mass is 341 g/mol. The van der Waals surface area contributed by atoms with Crippen LogP contribution in [0.4, 0.5) is 5.82 Å². The predicted molar refractivity (Wildman–Crippen MR) is 104 cm³/mol. The highest BCUT2D eigenvalue weighted by molar-refractivity contribution is 5.89. The zero-order valence-corrected chi connectivity index (χ0v) is 14.4. The fourth-order valence-corrected chi connectivity index (χ4v) is 3.19. The van der Waals surface area contributed by atoms with Crippen molar-refractivity contribution in [2.75, 3.05) is 5.32 Å². The fraction of sp³-hybridized carbons (Fsp3) is 0.0909. The molecule has 0 radical (unpaired) electrons. The van der Waals surface area contributed by atoms with Crippen molar-refractivity contribution in [1.82, 2.24) is 9.97 Å². The number of fused-ring (bicyclic) bond motifs is 1. The van der Waals surface area contributed by atoms with Crippen LogP contribution in [-0.4, -0.2) is 15.1 Å². The van der Waals surface area contributed by atoms with E-state index in [4.69, 9.17) is 0 Å². The molecule has 4 rings (SSSR count). The van der Waals surface area contributed by atoms with Gasteiger partial charge in [-0.15, -0.1) is 0 Å². The van der Waals surface area contributed by atoms with Gasteiger partial charge in [-0.2, -0.15) is 0 Å². The van der Waals surface area contributed by atoms with E-state index in [0.29, 0.717) is 5.82 Å². The van der Waals surface area contributed by atoms with Crippen molar-refractivity contribution in [3.8, 4) is 5.75 Å². The van der Waals surface area contributed by atoms with Gasteiger partial charge in [0.1, 0.15) is 11.6 Å². The number of nitrogens with one attached hydrogen (secondary N) is 1. The number of hydrogen-bond acceptors (Lipinski definition) is 4. The van der Waals surface area contributed by atoms with E-state index < -0.39 is 0 Å². The lowest BCUT2D eigenvalue weighted by Gasteiger charge is -2.23. The van der Waals surface area contributed by atoms with Crippen LogP contribution in [0.2, 0.25) is 0 Å². The Hall–Kier alpha value is -3.40. The smallest absolute Gasteiger partial charge is 0.145 e. The van der Waals surface area contributed by atoms with Crippen LogP contribution in [0.3, 0.4) is 0 Å². The summed E-state index contributed by atoms with van der Waals surface area (Å²) in [5, 5.41) is 16.2. The van der Waals surface area contributed by atoms with Crippen LogP contribution < -0.4 is 5.32 Å². The summed E-state index contributed by atoms with van der Waals surface area (Å²) < 4.78 is 0. The maximum Gasteiger partial charge on any atom is 0.145 e. The molecule has 0 bridgehead atoms. The molecule has 2 N–H and O–H groups in total. The SMILES string of the molecule is Cc1ccc(C(Nc2cnccn2)c2c(O)ccc3ccccc23)cc1. The lowest BCUT2D eigenvalue weighted by molar-refractivity contribution is 0.468. The van der Waals surface area contributed by atoms with Gasteiger partial charge in [-0.05, 0) is 29.3 Å². The molecule has 1 heterocycles. The van der Waals surface area contributed by atoms with Crippen molar-refractivity contribution in [2.24, 2.45) is 0 Å². The van der Waals surface area contributed by atoms with Crippen molar-refractivity contribution in [3.63, 3.8) is 0 Å². The predicted octanol–water partition coefficient (Wildman–Crippen LogP) is 4.85. The molecule has 0 spiro atoms. The average molecular weight is 341 g/mol. The maximum absolute atomic E-state index is 10.7. The van der Waals surface area contributed by atoms with E-state index in [1.54, 1.807) is 24.7 Å². The second-order valence-corrected chi connectivity index (χ2v) is 6.30. The Morgan fingerprint density at radius 2 is 1.73 bits per heavy atom. The summed E-state index contributed by atoms with van der Waals surface area (Å²) in [4.78, 5) is 8.48. The number of benzene rings is 3. The summed E-state index contributed by atoms with van der Waals surface area (Å²) in [5.41, 5.74) is 3.07. The average Bonchev–Trinajstić information content (AvgIpc) is 2.68. The standard InChI is InChI=1S/C22H19N3O/c1-15-6-8-17(9-7-15)22(25-20-14-23-12-13-24-20)21-18-5-3-2-4-16(18)10-11-19(21)26/h2-14,22,26H,1H3,(H,24,25). The lowest BCUT2D eigenvalue weighted by atomic mass is 9.92. The van der Waals surface area contributed by atoms with Crippen LogP contribution in [0, 0.1) is 6.92 Å². The Labute approximate surface area is 152 Å². The molecule has 1 aromatic heterocycles. The number of rotatable bonds is 4. The van der Waals surface area contributed by atoms with Gasteiger partial charge in [-0.1, -0.05) is 60.2 Å². The van der Waals surface area contributed by atoms with Crippen LogP contribution in [0.5, 0.6) is 5.75 Å². The second kappa shape index (κ2) is 6.84. The van der Waals surface area contributed by atoms with E-state index in [0.717, 1.165) is 21.9 Å². The molecule has 0 aliphatic carbocycles. The van der Waals surface area contributed by atoms with Crippen LogP contribution >= 0.6 is 0 Å². The van der Waals surface area contributed by atoms with Crippen LogP contribution in [-0.2, 0) is 0 Å². The number of aromatic hydroxyl groups is 1. The minimum Gasteiger partial charge on any atom is -0.508 e. The summed E-state index contributed by atoms with van der Waals surface area (Å²) in [6.07, 6.45) is 4.97. The van der Waals surface area contributed by atoms with Gasteiger partial charge in [-0.25, -0.2) is 4.98 Å². The lowest BCUT2D eigenvalue weighted by Crippen LogP contribution is -2.14. The molecule has 0 saturated carbocycles. The molecule has 0 amide bonds. The van der Waals surface area contributed by atoms with Crippen molar-refractivity contribution < 1.29 is 5.11 Å². The fourth-order valence-electron chi connectivity index (χ4n) is 3.19. The molecule has 0 fully saturated rings. The van der Waals surface area contributed by atoms with Gasteiger partial charge in [0.2, 0.25) is 0 Å². The van der Waals surface area contributed by atoms with Gasteiger partial charge < -0.3 is 10.4 Å². The first kappa shape index (κ1) is 16.1. The van der Waals surface area contributed by atoms with E-state index in [9.17, 15) is 5.11 Å². The van der Waals surface area contributed by atoms with Gasteiger partial charge in [-0.3, -0.25) is 4.98 Å². The minimum atomic E-state index is -0.251. The maximum atomic E-state index is 10.7. The zero-order valence-electron chi connectivity index (χ0n) is 14.4. The molecule has 4 heteroatoms. The number of phenols is 1. The molecular formula is C22H19N3O. The molecule has 0 saturated heterocycles. The molecule has 1 atom stereocenters. The first-order valence-electron chi connectivity index (χ1n) is 8.52. The third-order valence-corrected chi connectivity index (χ3v) is 4.50. The summed E-state index contributed by atoms with van der Waals surface area (Å²) in [6, 6.07) is 19.8. The van der Waals surface area contributed by atoms with E-state index >= 15 is 0 Å². The Bertz CT molecular complexity index is 1030. The van der Waals surface area contributed by atoms with Crippen LogP contribution in [0.1, 0.15) is 22.7 Å². The normalized spacial score (nSPS) is 12.0. The largest absolute Gasteiger partial charge is 0.508 e.